The second kappa shape index (κ2) is 5.09. The summed E-state index contributed by atoms with van der Waals surface area (Å²) in [7, 11) is 0. The zero-order chi connectivity index (χ0) is 14.0. The average Bonchev–Trinajstić information content (AvgIpc) is 3.16. The molecule has 0 aromatic heterocycles. The van der Waals surface area contributed by atoms with Crippen LogP contribution in [0, 0.1) is 11.8 Å². The molecule has 1 fully saturated rings. The number of primary amides is 1. The Hall–Kier alpha value is -2.37. The molecule has 1 saturated carbocycles. The molecule has 2 atom stereocenters. The summed E-state index contributed by atoms with van der Waals surface area (Å²) in [5.74, 6) is -2.72. The van der Waals surface area contributed by atoms with Gasteiger partial charge in [0.2, 0.25) is 11.8 Å². The molecular formula is C13H14N2O4. The quantitative estimate of drug-likeness (QED) is 0.700. The van der Waals surface area contributed by atoms with E-state index in [4.69, 9.17) is 10.8 Å². The van der Waals surface area contributed by atoms with Crippen LogP contribution in [0.5, 0.6) is 0 Å². The SMILES string of the molecule is NC(=O)c1cccc(CNC(=O)[C@H]2C[C@@H]2C(=O)O)c1. The third-order valence-electron chi connectivity index (χ3n) is 3.12. The largest absolute Gasteiger partial charge is 0.481 e. The van der Waals surface area contributed by atoms with Crippen molar-refractivity contribution in [3.05, 3.63) is 35.4 Å². The van der Waals surface area contributed by atoms with Crippen LogP contribution < -0.4 is 11.1 Å². The van der Waals surface area contributed by atoms with Crippen molar-refractivity contribution in [1.29, 1.82) is 0 Å². The van der Waals surface area contributed by atoms with Crippen LogP contribution in [0.4, 0.5) is 0 Å². The molecule has 1 aromatic rings. The van der Waals surface area contributed by atoms with E-state index in [1.54, 1.807) is 24.3 Å². The van der Waals surface area contributed by atoms with Crippen LogP contribution in [-0.4, -0.2) is 22.9 Å². The van der Waals surface area contributed by atoms with Crippen LogP contribution in [0.15, 0.2) is 24.3 Å². The molecule has 19 heavy (non-hydrogen) atoms. The Morgan fingerprint density at radius 2 is 2.05 bits per heavy atom. The number of hydrogen-bond donors (Lipinski definition) is 3. The second-order valence-electron chi connectivity index (χ2n) is 4.57. The Labute approximate surface area is 109 Å². The summed E-state index contributed by atoms with van der Waals surface area (Å²) in [4.78, 5) is 33.3. The van der Waals surface area contributed by atoms with Crippen molar-refractivity contribution in [3.8, 4) is 0 Å². The molecule has 0 unspecified atom stereocenters. The third-order valence-corrected chi connectivity index (χ3v) is 3.12. The predicted octanol–water partition coefficient (Wildman–Crippen LogP) is 0.122. The molecule has 1 aliphatic rings. The van der Waals surface area contributed by atoms with Crippen molar-refractivity contribution in [1.82, 2.24) is 5.32 Å². The first-order chi connectivity index (χ1) is 8.99. The van der Waals surface area contributed by atoms with Crippen LogP contribution >= 0.6 is 0 Å². The summed E-state index contributed by atoms with van der Waals surface area (Å²) in [5, 5.41) is 11.4. The van der Waals surface area contributed by atoms with Gasteiger partial charge < -0.3 is 16.2 Å². The topological polar surface area (TPSA) is 109 Å². The van der Waals surface area contributed by atoms with Gasteiger partial charge in [0.15, 0.2) is 0 Å². The van der Waals surface area contributed by atoms with E-state index < -0.39 is 23.7 Å². The first-order valence-electron chi connectivity index (χ1n) is 5.88. The Bertz CT molecular complexity index is 541. The maximum atomic E-state index is 11.6. The van der Waals surface area contributed by atoms with Gasteiger partial charge in [-0.15, -0.1) is 0 Å². The fourth-order valence-electron chi connectivity index (χ4n) is 1.91. The number of nitrogens with two attached hydrogens (primary N) is 1. The second-order valence-corrected chi connectivity index (χ2v) is 4.57. The number of hydrogen-bond acceptors (Lipinski definition) is 3. The number of benzene rings is 1. The standard InChI is InChI=1S/C13H14N2O4/c14-11(16)8-3-1-2-7(4-8)6-15-12(17)9-5-10(9)13(18)19/h1-4,9-10H,5-6H2,(H2,14,16)(H,15,17)(H,18,19)/t9-,10-/m0/s1. The Kier molecular flexibility index (Phi) is 3.50. The molecule has 0 bridgehead atoms. The molecule has 0 heterocycles. The van der Waals surface area contributed by atoms with Crippen LogP contribution in [0.2, 0.25) is 0 Å². The number of aliphatic carboxylic acids is 1. The summed E-state index contributed by atoms with van der Waals surface area (Å²) >= 11 is 0. The molecular weight excluding hydrogens is 248 g/mol. The molecule has 2 amide bonds. The minimum Gasteiger partial charge on any atom is -0.481 e. The van der Waals surface area contributed by atoms with Gasteiger partial charge >= 0.3 is 5.97 Å². The summed E-state index contributed by atoms with van der Waals surface area (Å²) < 4.78 is 0. The van der Waals surface area contributed by atoms with Gasteiger partial charge in [0.1, 0.15) is 0 Å². The lowest BCUT2D eigenvalue weighted by molar-refractivity contribution is -0.140. The number of carboxylic acid groups (broad SMARTS) is 1. The molecule has 6 heteroatoms. The minimum absolute atomic E-state index is 0.253. The van der Waals surface area contributed by atoms with Crippen LogP contribution in [0.25, 0.3) is 0 Å². The van der Waals surface area contributed by atoms with Crippen molar-refractivity contribution in [2.24, 2.45) is 17.6 Å². The number of carboxylic acids is 1. The molecule has 0 aliphatic heterocycles. The van der Waals surface area contributed by atoms with E-state index in [0.717, 1.165) is 5.56 Å². The minimum atomic E-state index is -0.934. The van der Waals surface area contributed by atoms with Crippen molar-refractivity contribution in [2.75, 3.05) is 0 Å². The Morgan fingerprint density at radius 1 is 1.32 bits per heavy atom. The number of rotatable bonds is 5. The van der Waals surface area contributed by atoms with Gasteiger partial charge in [-0.3, -0.25) is 14.4 Å². The summed E-state index contributed by atoms with van der Waals surface area (Å²) in [6, 6.07) is 6.63. The molecule has 0 saturated heterocycles. The molecule has 0 radical (unpaired) electrons. The monoisotopic (exact) mass is 262 g/mol. The zero-order valence-electron chi connectivity index (χ0n) is 10.1. The van der Waals surface area contributed by atoms with Gasteiger partial charge in [0.05, 0.1) is 11.8 Å². The number of carbonyl (C=O) groups is 3. The van der Waals surface area contributed by atoms with Gasteiger partial charge in [-0.05, 0) is 24.1 Å². The summed E-state index contributed by atoms with van der Waals surface area (Å²) in [5.41, 5.74) is 6.28. The first-order valence-corrected chi connectivity index (χ1v) is 5.88. The van der Waals surface area contributed by atoms with Crippen LogP contribution in [0.1, 0.15) is 22.3 Å². The van der Waals surface area contributed by atoms with E-state index >= 15 is 0 Å². The third kappa shape index (κ3) is 3.09. The van der Waals surface area contributed by atoms with E-state index in [1.807, 2.05) is 0 Å². The van der Waals surface area contributed by atoms with E-state index in [-0.39, 0.29) is 12.5 Å². The highest BCUT2D eigenvalue weighted by Crippen LogP contribution is 2.38. The molecule has 2 rings (SSSR count). The number of nitrogens with one attached hydrogen (secondary N) is 1. The van der Waals surface area contributed by atoms with Gasteiger partial charge in [-0.2, -0.15) is 0 Å². The van der Waals surface area contributed by atoms with Crippen molar-refractivity contribution < 1.29 is 19.5 Å². The van der Waals surface area contributed by atoms with E-state index in [0.29, 0.717) is 12.0 Å². The molecule has 6 nitrogen and oxygen atoms in total. The average molecular weight is 262 g/mol. The maximum Gasteiger partial charge on any atom is 0.307 e. The fourth-order valence-corrected chi connectivity index (χ4v) is 1.91. The smallest absolute Gasteiger partial charge is 0.307 e. The summed E-state index contributed by atoms with van der Waals surface area (Å²) in [6.45, 7) is 0.253. The highest BCUT2D eigenvalue weighted by atomic mass is 16.4. The van der Waals surface area contributed by atoms with E-state index in [1.165, 1.54) is 0 Å². The normalized spacial score (nSPS) is 20.6. The molecule has 1 aliphatic carbocycles. The first kappa shape index (κ1) is 13.1. The lowest BCUT2D eigenvalue weighted by atomic mass is 10.1. The molecule has 0 spiro atoms. The van der Waals surface area contributed by atoms with Gasteiger partial charge in [-0.1, -0.05) is 12.1 Å². The van der Waals surface area contributed by atoms with Gasteiger partial charge in [0.25, 0.3) is 0 Å². The Morgan fingerprint density at radius 3 is 2.63 bits per heavy atom. The van der Waals surface area contributed by atoms with E-state index in [9.17, 15) is 14.4 Å². The van der Waals surface area contributed by atoms with Crippen molar-refractivity contribution in [2.45, 2.75) is 13.0 Å². The number of amides is 2. The number of carbonyl (C=O) groups excluding carboxylic acids is 2. The van der Waals surface area contributed by atoms with Crippen LogP contribution in [0.3, 0.4) is 0 Å². The molecule has 100 valence electrons. The van der Waals surface area contributed by atoms with Crippen LogP contribution in [-0.2, 0) is 16.1 Å². The summed E-state index contributed by atoms with van der Waals surface area (Å²) in [6.07, 6.45) is 0.391. The highest BCUT2D eigenvalue weighted by Gasteiger charge is 2.48. The fraction of sp³-hybridized carbons (Fsp3) is 0.308. The zero-order valence-corrected chi connectivity index (χ0v) is 10.1. The lowest BCUT2D eigenvalue weighted by Crippen LogP contribution is -2.26. The molecule has 4 N–H and O–H groups in total. The highest BCUT2D eigenvalue weighted by molar-refractivity contribution is 5.93. The predicted molar refractivity (Wildman–Crippen MR) is 66.0 cm³/mol. The Balaban J connectivity index is 1.89. The lowest BCUT2D eigenvalue weighted by Gasteiger charge is -2.05. The van der Waals surface area contributed by atoms with Gasteiger partial charge in [0, 0.05) is 12.1 Å². The maximum absolute atomic E-state index is 11.6. The van der Waals surface area contributed by atoms with E-state index in [2.05, 4.69) is 5.32 Å². The van der Waals surface area contributed by atoms with Crippen molar-refractivity contribution >= 4 is 17.8 Å². The van der Waals surface area contributed by atoms with Crippen molar-refractivity contribution in [3.63, 3.8) is 0 Å². The molecule has 1 aromatic carbocycles. The van der Waals surface area contributed by atoms with Gasteiger partial charge in [-0.25, -0.2) is 0 Å².